The molecule has 1 aromatic carbocycles. The van der Waals surface area contributed by atoms with Crippen molar-refractivity contribution in [1.29, 1.82) is 0 Å². The van der Waals surface area contributed by atoms with Crippen molar-refractivity contribution in [3.8, 4) is 16.9 Å². The molecule has 3 aromatic rings. The molecule has 0 atom stereocenters. The van der Waals surface area contributed by atoms with Crippen LogP contribution in [0.25, 0.3) is 16.9 Å². The highest BCUT2D eigenvalue weighted by molar-refractivity contribution is 7.90. The van der Waals surface area contributed by atoms with Gasteiger partial charge in [0.1, 0.15) is 17.2 Å². The Hall–Kier alpha value is -2.56. The average Bonchev–Trinajstić information content (AvgIpc) is 3.54. The highest BCUT2D eigenvalue weighted by Crippen LogP contribution is 2.32. The molecule has 2 fully saturated rings. The summed E-state index contributed by atoms with van der Waals surface area (Å²) in [7, 11) is -3.35. The number of aromatic nitrogens is 4. The number of pyridine rings is 1. The molecular weight excluding hydrogens is 503 g/mol. The molecular formula is C25H30ClFN6O2S. The van der Waals surface area contributed by atoms with Crippen LogP contribution in [0.5, 0.6) is 0 Å². The highest BCUT2D eigenvalue weighted by Gasteiger charge is 2.27. The Kier molecular flexibility index (Phi) is 7.28. The Bertz CT molecular complexity index is 1340. The van der Waals surface area contributed by atoms with E-state index in [0.717, 1.165) is 43.3 Å². The summed E-state index contributed by atoms with van der Waals surface area (Å²) in [6.45, 7) is 6.97. The van der Waals surface area contributed by atoms with Gasteiger partial charge < -0.3 is 4.90 Å². The third kappa shape index (κ3) is 5.71. The summed E-state index contributed by atoms with van der Waals surface area (Å²) < 4.78 is 40.6. The minimum Gasteiger partial charge on any atom is -0.368 e. The first kappa shape index (κ1) is 25.1. The molecule has 0 spiro atoms. The van der Waals surface area contributed by atoms with E-state index in [1.165, 1.54) is 36.2 Å². The summed E-state index contributed by atoms with van der Waals surface area (Å²) in [6.07, 6.45) is 8.37. The van der Waals surface area contributed by atoms with E-state index in [4.69, 9.17) is 11.6 Å². The molecule has 0 radical (unpaired) electrons. The number of halogens is 2. The largest absolute Gasteiger partial charge is 0.368 e. The van der Waals surface area contributed by atoms with E-state index in [1.807, 2.05) is 12.3 Å². The summed E-state index contributed by atoms with van der Waals surface area (Å²) in [6, 6.07) is 4.64. The Morgan fingerprint density at radius 1 is 1.14 bits per heavy atom. The zero-order chi connectivity index (χ0) is 25.3. The molecule has 2 aromatic heterocycles. The smallest absolute Gasteiger partial charge is 0.154 e. The van der Waals surface area contributed by atoms with Crippen molar-refractivity contribution >= 4 is 27.1 Å². The van der Waals surface area contributed by atoms with Gasteiger partial charge in [-0.15, -0.1) is 5.10 Å². The number of benzene rings is 1. The van der Waals surface area contributed by atoms with Gasteiger partial charge in [0.25, 0.3) is 0 Å². The number of hydrogen-bond donors (Lipinski definition) is 0. The Morgan fingerprint density at radius 3 is 2.64 bits per heavy atom. The molecule has 11 heteroatoms. The van der Waals surface area contributed by atoms with Crippen LogP contribution in [-0.4, -0.2) is 71.8 Å². The van der Waals surface area contributed by atoms with Crippen LogP contribution in [0, 0.1) is 11.7 Å². The van der Waals surface area contributed by atoms with Gasteiger partial charge in [-0.25, -0.2) is 17.5 Å². The lowest BCUT2D eigenvalue weighted by Gasteiger charge is -2.36. The van der Waals surface area contributed by atoms with Gasteiger partial charge in [-0.2, -0.15) is 0 Å². The van der Waals surface area contributed by atoms with Gasteiger partial charge in [0, 0.05) is 44.5 Å². The second-order valence-electron chi connectivity index (χ2n) is 9.67. The van der Waals surface area contributed by atoms with E-state index < -0.39 is 15.7 Å². The molecule has 1 saturated carbocycles. The van der Waals surface area contributed by atoms with Crippen molar-refractivity contribution in [3.63, 3.8) is 0 Å². The summed E-state index contributed by atoms with van der Waals surface area (Å²) in [5.41, 5.74) is 2.62. The molecule has 3 heterocycles. The summed E-state index contributed by atoms with van der Waals surface area (Å²) >= 11 is 6.47. The van der Waals surface area contributed by atoms with Crippen molar-refractivity contribution in [2.45, 2.75) is 31.9 Å². The fraction of sp³-hybridized carbons (Fsp3) is 0.480. The fourth-order valence-corrected chi connectivity index (χ4v) is 6.49. The van der Waals surface area contributed by atoms with Crippen molar-refractivity contribution < 1.29 is 12.8 Å². The molecule has 192 valence electrons. The van der Waals surface area contributed by atoms with Crippen LogP contribution in [0.1, 0.15) is 31.7 Å². The van der Waals surface area contributed by atoms with Gasteiger partial charge in [0.2, 0.25) is 0 Å². The van der Waals surface area contributed by atoms with Crippen LogP contribution in [0.3, 0.4) is 0 Å². The summed E-state index contributed by atoms with van der Waals surface area (Å²) in [5, 5.41) is 8.32. The molecule has 36 heavy (non-hydrogen) atoms. The van der Waals surface area contributed by atoms with Crippen LogP contribution in [0.2, 0.25) is 5.02 Å². The Labute approximate surface area is 216 Å². The monoisotopic (exact) mass is 532 g/mol. The number of rotatable bonds is 9. The zero-order valence-electron chi connectivity index (χ0n) is 20.3. The molecule has 5 rings (SSSR count). The minimum absolute atomic E-state index is 0.0158. The molecule has 0 unspecified atom stereocenters. The van der Waals surface area contributed by atoms with Gasteiger partial charge >= 0.3 is 0 Å². The van der Waals surface area contributed by atoms with Crippen LogP contribution < -0.4 is 4.90 Å². The van der Waals surface area contributed by atoms with E-state index >= 15 is 0 Å². The van der Waals surface area contributed by atoms with Gasteiger partial charge in [-0.1, -0.05) is 29.8 Å². The van der Waals surface area contributed by atoms with Gasteiger partial charge in [-0.05, 0) is 42.9 Å². The number of nitrogens with zero attached hydrogens (tertiary/aromatic N) is 6. The number of hydrogen-bond acceptors (Lipinski definition) is 7. The predicted octanol–water partition coefficient (Wildman–Crippen LogP) is 3.98. The van der Waals surface area contributed by atoms with E-state index in [2.05, 4.69) is 25.1 Å². The van der Waals surface area contributed by atoms with E-state index in [1.54, 1.807) is 19.3 Å². The van der Waals surface area contributed by atoms with Crippen LogP contribution >= 0.6 is 11.6 Å². The van der Waals surface area contributed by atoms with Crippen molar-refractivity contribution in [2.75, 3.05) is 43.4 Å². The average molecular weight is 533 g/mol. The van der Waals surface area contributed by atoms with E-state index in [9.17, 15) is 12.8 Å². The Balaban J connectivity index is 1.35. The lowest BCUT2D eigenvalue weighted by Crippen LogP contribution is -2.47. The molecule has 0 N–H and O–H groups in total. The molecule has 8 nitrogen and oxygen atoms in total. The van der Waals surface area contributed by atoms with E-state index in [0.29, 0.717) is 17.7 Å². The molecule has 1 aliphatic carbocycles. The quantitative estimate of drug-likeness (QED) is 0.412. The van der Waals surface area contributed by atoms with Crippen molar-refractivity contribution in [2.24, 2.45) is 5.92 Å². The molecule has 1 aliphatic heterocycles. The maximum atomic E-state index is 14.8. The predicted molar refractivity (Wildman–Crippen MR) is 139 cm³/mol. The second-order valence-corrected chi connectivity index (χ2v) is 12.2. The lowest BCUT2D eigenvalue weighted by molar-refractivity contribution is 0.248. The summed E-state index contributed by atoms with van der Waals surface area (Å²) in [5.74, 6) is 0.0737. The van der Waals surface area contributed by atoms with Crippen molar-refractivity contribution in [3.05, 3.63) is 53.2 Å². The normalized spacial score (nSPS) is 17.0. The number of anilines is 1. The van der Waals surface area contributed by atoms with E-state index in [-0.39, 0.29) is 22.2 Å². The maximum absolute atomic E-state index is 14.8. The molecule has 2 aliphatic rings. The number of piperazine rings is 1. The summed E-state index contributed by atoms with van der Waals surface area (Å²) in [4.78, 5) is 9.26. The second kappa shape index (κ2) is 10.4. The van der Waals surface area contributed by atoms with Gasteiger partial charge in [-0.3, -0.25) is 9.88 Å². The fourth-order valence-electron chi connectivity index (χ4n) is 4.62. The van der Waals surface area contributed by atoms with Gasteiger partial charge in [0.05, 0.1) is 34.6 Å². The van der Waals surface area contributed by atoms with Crippen molar-refractivity contribution in [1.82, 2.24) is 24.9 Å². The first-order valence-electron chi connectivity index (χ1n) is 12.4. The minimum atomic E-state index is -3.35. The topological polar surface area (TPSA) is 84.2 Å². The molecule has 0 bridgehead atoms. The SMILES string of the molecule is CCCS(=O)(=O)Cc1ccc(F)c(-n2cc(-c3cncc(N4CCN(CC5CC5)CC4)c3)nn2)c1Cl. The first-order valence-corrected chi connectivity index (χ1v) is 14.6. The first-order chi connectivity index (χ1) is 17.3. The Morgan fingerprint density at radius 2 is 1.92 bits per heavy atom. The van der Waals surface area contributed by atoms with Gasteiger partial charge in [0.15, 0.2) is 9.84 Å². The third-order valence-electron chi connectivity index (χ3n) is 6.73. The standard InChI is InChI=1S/C25H30ClFN6O2S/c1-2-11-36(34,35)17-19-5-6-22(27)25(24(19)26)33-16-23(29-30-33)20-12-21(14-28-13-20)32-9-7-31(8-10-32)15-18-3-4-18/h5-6,12-14,16,18H,2-4,7-11,15,17H2,1H3. The molecule has 0 amide bonds. The zero-order valence-corrected chi connectivity index (χ0v) is 21.8. The maximum Gasteiger partial charge on any atom is 0.154 e. The van der Waals surface area contributed by atoms with Crippen LogP contribution in [-0.2, 0) is 15.6 Å². The highest BCUT2D eigenvalue weighted by atomic mass is 35.5. The van der Waals surface area contributed by atoms with Crippen LogP contribution in [0.4, 0.5) is 10.1 Å². The number of sulfone groups is 1. The lowest BCUT2D eigenvalue weighted by atomic mass is 10.2. The molecule has 1 saturated heterocycles. The third-order valence-corrected chi connectivity index (χ3v) is 8.93. The van der Waals surface area contributed by atoms with Crippen LogP contribution in [0.15, 0.2) is 36.8 Å².